The van der Waals surface area contributed by atoms with E-state index >= 15 is 0 Å². The largest absolute Gasteiger partial charge is 0.481 e. The van der Waals surface area contributed by atoms with Gasteiger partial charge < -0.3 is 58.3 Å². The lowest BCUT2D eigenvalue weighted by Crippen LogP contribution is -2.64. The third-order valence-corrected chi connectivity index (χ3v) is 15.7. The quantitative estimate of drug-likeness (QED) is 0.154. The number of aliphatic hydroxyl groups is 3. The fourth-order valence-electron chi connectivity index (χ4n) is 11.9. The monoisotopic (exact) mass is 867 g/mol. The van der Waals surface area contributed by atoms with E-state index in [0.29, 0.717) is 44.1 Å². The molecule has 0 saturated carbocycles. The second-order valence-corrected chi connectivity index (χ2v) is 20.7. The Morgan fingerprint density at radius 1 is 0.885 bits per heavy atom. The Morgan fingerprint density at radius 3 is 2.21 bits per heavy atom. The molecular weight excluding hydrogens is 789 g/mol. The molecule has 0 aromatic carbocycles. The van der Waals surface area contributed by atoms with Crippen molar-refractivity contribution in [2.24, 2.45) is 47.3 Å². The molecule has 4 N–H and O–H groups in total. The highest BCUT2D eigenvalue weighted by atomic mass is 16.8. The molecule has 0 aromatic heterocycles. The second kappa shape index (κ2) is 18.7. The summed E-state index contributed by atoms with van der Waals surface area (Å²) in [5.74, 6) is -6.80. The summed E-state index contributed by atoms with van der Waals surface area (Å²) in [6.07, 6.45) is 3.01. The van der Waals surface area contributed by atoms with Gasteiger partial charge in [-0.1, -0.05) is 61.5 Å². The van der Waals surface area contributed by atoms with E-state index in [-0.39, 0.29) is 72.4 Å². The van der Waals surface area contributed by atoms with Crippen LogP contribution in [0.4, 0.5) is 0 Å². The van der Waals surface area contributed by atoms with Gasteiger partial charge in [-0.05, 0) is 70.8 Å². The Morgan fingerprint density at radius 2 is 1.57 bits per heavy atom. The lowest BCUT2D eigenvalue weighted by molar-refractivity contribution is -0.394. The van der Waals surface area contributed by atoms with Crippen LogP contribution in [0.25, 0.3) is 0 Å². The molecule has 61 heavy (non-hydrogen) atoms. The van der Waals surface area contributed by atoms with E-state index in [0.717, 1.165) is 6.42 Å². The van der Waals surface area contributed by atoms with Gasteiger partial charge in [-0.2, -0.15) is 0 Å². The van der Waals surface area contributed by atoms with Crippen LogP contribution in [0.1, 0.15) is 134 Å². The van der Waals surface area contributed by atoms with Gasteiger partial charge in [0.2, 0.25) is 0 Å². The van der Waals surface area contributed by atoms with Crippen molar-refractivity contribution >= 4 is 11.8 Å². The SMILES string of the molecule is COC1CCC(OC2CC(C)C3(OC(C4OC(O)(CO)C(C)CC4C)CC3C)OC2C2(C)CCC3(CC(O)C(C)C(C(C)C=C(C)C(=O)C(C)CC(C)C(=O)O)O3)O2)OC1C. The summed E-state index contributed by atoms with van der Waals surface area (Å²) in [7, 11) is 1.70. The van der Waals surface area contributed by atoms with Crippen molar-refractivity contribution in [3.63, 3.8) is 0 Å². The molecule has 14 heteroatoms. The summed E-state index contributed by atoms with van der Waals surface area (Å²) in [4.78, 5) is 24.9. The first kappa shape index (κ1) is 48.9. The van der Waals surface area contributed by atoms with E-state index in [2.05, 4.69) is 20.8 Å². The molecule has 0 aliphatic carbocycles. The number of aliphatic hydroxyl groups excluding tert-OH is 2. The van der Waals surface area contributed by atoms with Gasteiger partial charge in [-0.3, -0.25) is 9.59 Å². The predicted octanol–water partition coefficient (Wildman–Crippen LogP) is 6.15. The lowest BCUT2D eigenvalue weighted by Gasteiger charge is -2.54. The third-order valence-electron chi connectivity index (χ3n) is 15.7. The minimum atomic E-state index is -1.65. The molecule has 14 nitrogen and oxygen atoms in total. The first-order chi connectivity index (χ1) is 28.5. The summed E-state index contributed by atoms with van der Waals surface area (Å²) in [6, 6.07) is 0. The van der Waals surface area contributed by atoms with E-state index < -0.39 is 84.2 Å². The Bertz CT molecular complexity index is 1570. The fraction of sp³-hybridized carbons (Fsp3) is 0.915. The number of carboxylic acid groups (broad SMARTS) is 1. The zero-order valence-electron chi connectivity index (χ0n) is 38.8. The highest BCUT2D eigenvalue weighted by Gasteiger charge is 2.65. The van der Waals surface area contributed by atoms with Crippen LogP contribution >= 0.6 is 0 Å². The van der Waals surface area contributed by atoms with Crippen LogP contribution in [0.15, 0.2) is 11.6 Å². The van der Waals surface area contributed by atoms with Crippen molar-refractivity contribution < 1.29 is 67.9 Å². The van der Waals surface area contributed by atoms with Crippen LogP contribution in [0, 0.1) is 47.3 Å². The Balaban J connectivity index is 1.25. The van der Waals surface area contributed by atoms with E-state index in [1.54, 1.807) is 27.9 Å². The average molecular weight is 867 g/mol. The topological polar surface area (TPSA) is 189 Å². The Hall–Kier alpha value is -1.56. The minimum absolute atomic E-state index is 0.0232. The van der Waals surface area contributed by atoms with Gasteiger partial charge in [0.05, 0.1) is 60.9 Å². The summed E-state index contributed by atoms with van der Waals surface area (Å²) in [5, 5.41) is 42.5. The van der Waals surface area contributed by atoms with Crippen LogP contribution in [0.3, 0.4) is 0 Å². The molecule has 6 aliphatic heterocycles. The number of aliphatic carboxylic acids is 1. The molecule has 6 saturated heterocycles. The maximum Gasteiger partial charge on any atom is 0.306 e. The number of carbonyl (C=O) groups excluding carboxylic acids is 1. The third kappa shape index (κ3) is 9.71. The maximum absolute atomic E-state index is 13.4. The highest BCUT2D eigenvalue weighted by Crippen LogP contribution is 2.56. The van der Waals surface area contributed by atoms with Crippen LogP contribution in [-0.4, -0.2) is 124 Å². The number of carbonyl (C=O) groups is 2. The number of ether oxygens (including phenoxy) is 8. The van der Waals surface area contributed by atoms with E-state index in [9.17, 15) is 30.0 Å². The number of hydrogen-bond acceptors (Lipinski definition) is 13. The number of methoxy groups -OCH3 is 1. The molecule has 6 aliphatic rings. The number of Topliss-reactive ketones (excluding diaryl/α,β-unsaturated/α-hetero) is 1. The van der Waals surface area contributed by atoms with Crippen molar-refractivity contribution in [1.29, 1.82) is 0 Å². The molecule has 350 valence electrons. The molecule has 0 aromatic rings. The van der Waals surface area contributed by atoms with E-state index in [1.807, 2.05) is 40.7 Å². The summed E-state index contributed by atoms with van der Waals surface area (Å²) >= 11 is 0. The van der Waals surface area contributed by atoms with Gasteiger partial charge in [0.15, 0.2) is 29.4 Å². The smallest absolute Gasteiger partial charge is 0.306 e. The van der Waals surface area contributed by atoms with Crippen LogP contribution in [0.5, 0.6) is 0 Å². The normalized spacial score (nSPS) is 48.6. The minimum Gasteiger partial charge on any atom is -0.481 e. The van der Waals surface area contributed by atoms with Gasteiger partial charge >= 0.3 is 5.97 Å². The summed E-state index contributed by atoms with van der Waals surface area (Å²) in [6.45, 7) is 20.9. The summed E-state index contributed by atoms with van der Waals surface area (Å²) in [5.41, 5.74) is -0.403. The number of ketones is 1. The van der Waals surface area contributed by atoms with Gasteiger partial charge in [0, 0.05) is 61.9 Å². The van der Waals surface area contributed by atoms with Crippen molar-refractivity contribution in [3.8, 4) is 0 Å². The molecule has 0 amide bonds. The molecule has 6 heterocycles. The fourth-order valence-corrected chi connectivity index (χ4v) is 11.9. The number of allylic oxidation sites excluding steroid dienone is 1. The van der Waals surface area contributed by atoms with Crippen LogP contribution in [0.2, 0.25) is 0 Å². The molecule has 0 radical (unpaired) electrons. The van der Waals surface area contributed by atoms with Gasteiger partial charge in [-0.25, -0.2) is 0 Å². The number of rotatable bonds is 13. The standard InChI is InChI=1S/C47H78O14/c1-24(39(50)25(2)18-28(5)43(51)52)17-26(3)40-32(9)34(49)22-45(58-40)16-15-44(11,61-45)42-37(56-38-14-13-35(54-12)33(10)55-38)21-31(8)47(60-42)30(7)20-36(57-47)41-27(4)19-29(6)46(53,23-48)59-41/h17,25-38,40-42,48-49,53H,13-16,18-23H2,1-12H3,(H,51,52). The zero-order chi connectivity index (χ0) is 45.0. The predicted molar refractivity (Wildman–Crippen MR) is 224 cm³/mol. The van der Waals surface area contributed by atoms with Crippen LogP contribution in [-0.2, 0) is 47.5 Å². The van der Waals surface area contributed by atoms with Gasteiger partial charge in [-0.15, -0.1) is 0 Å². The van der Waals surface area contributed by atoms with Crippen molar-refractivity contribution in [2.45, 2.75) is 212 Å². The van der Waals surface area contributed by atoms with Crippen LogP contribution < -0.4 is 0 Å². The molecular formula is C47H78O14. The highest BCUT2D eigenvalue weighted by molar-refractivity contribution is 5.96. The van der Waals surface area contributed by atoms with Gasteiger partial charge in [0.1, 0.15) is 6.10 Å². The Kier molecular flexibility index (Phi) is 15.0. The summed E-state index contributed by atoms with van der Waals surface area (Å²) < 4.78 is 54.0. The van der Waals surface area contributed by atoms with Gasteiger partial charge in [0.25, 0.3) is 0 Å². The molecule has 6 rings (SSSR count). The lowest BCUT2D eigenvalue weighted by atomic mass is 9.77. The van der Waals surface area contributed by atoms with Crippen molar-refractivity contribution in [2.75, 3.05) is 13.7 Å². The molecule has 6 fully saturated rings. The first-order valence-electron chi connectivity index (χ1n) is 23.2. The van der Waals surface area contributed by atoms with E-state index in [4.69, 9.17) is 37.9 Å². The molecule has 21 atom stereocenters. The zero-order valence-corrected chi connectivity index (χ0v) is 38.8. The number of carboxylic acids is 1. The molecule has 2 spiro atoms. The second-order valence-electron chi connectivity index (χ2n) is 20.7. The molecule has 0 bridgehead atoms. The van der Waals surface area contributed by atoms with Crippen molar-refractivity contribution in [3.05, 3.63) is 11.6 Å². The average Bonchev–Trinajstić information content (AvgIpc) is 3.71. The number of hydrogen-bond donors (Lipinski definition) is 4. The first-order valence-corrected chi connectivity index (χ1v) is 23.2. The molecule has 21 unspecified atom stereocenters. The Labute approximate surface area is 363 Å². The maximum atomic E-state index is 13.4. The van der Waals surface area contributed by atoms with Crippen molar-refractivity contribution in [1.82, 2.24) is 0 Å². The van der Waals surface area contributed by atoms with E-state index in [1.165, 1.54) is 0 Å².